The quantitative estimate of drug-likeness (QED) is 0.618. The fourth-order valence-electron chi connectivity index (χ4n) is 3.35. The number of halogens is 1. The van der Waals surface area contributed by atoms with Gasteiger partial charge in [-0.05, 0) is 38.1 Å². The number of nitrogens with zero attached hydrogens (tertiary/aromatic N) is 4. The number of carbonyl (C=O) groups excluding carboxylic acids is 1. The molecule has 1 unspecified atom stereocenters. The van der Waals surface area contributed by atoms with E-state index in [0.29, 0.717) is 24.2 Å². The largest absolute Gasteiger partial charge is 0.494 e. The molecule has 0 saturated carbocycles. The topological polar surface area (TPSA) is 104 Å². The molecule has 1 aliphatic heterocycles. The molecule has 2 aromatic rings. The first-order valence-electron chi connectivity index (χ1n) is 9.60. The molecule has 0 aliphatic carbocycles. The smallest absolute Gasteiger partial charge is 0.236 e. The molecule has 1 saturated heterocycles. The number of hydrogen-bond donors (Lipinski definition) is 3. The van der Waals surface area contributed by atoms with Crippen LogP contribution in [0.25, 0.3) is 0 Å². The lowest BCUT2D eigenvalue weighted by Crippen LogP contribution is -2.35. The van der Waals surface area contributed by atoms with Gasteiger partial charge in [-0.2, -0.15) is 15.0 Å². The van der Waals surface area contributed by atoms with Crippen molar-refractivity contribution in [3.8, 4) is 5.75 Å². The molecule has 1 fully saturated rings. The van der Waals surface area contributed by atoms with Gasteiger partial charge >= 0.3 is 0 Å². The third-order valence-electron chi connectivity index (χ3n) is 4.73. The standard InChI is InChI=1S/C19H26FN7O2/c1-4-27-9-5-6-14(27)11-21-17-24-18(22-12(2)28)26-19(25-17)23-13-7-8-16(29-3)15(20)10-13/h7-8,10,14H,4-6,9,11H2,1-3H3,(H3,21,22,23,24,25,26,28). The summed E-state index contributed by atoms with van der Waals surface area (Å²) in [5.74, 6) is -0.0167. The van der Waals surface area contributed by atoms with Crippen molar-refractivity contribution in [3.63, 3.8) is 0 Å². The van der Waals surface area contributed by atoms with E-state index in [4.69, 9.17) is 4.74 Å². The zero-order valence-corrected chi connectivity index (χ0v) is 16.8. The van der Waals surface area contributed by atoms with Crippen molar-refractivity contribution in [2.24, 2.45) is 0 Å². The maximum absolute atomic E-state index is 14.0. The van der Waals surface area contributed by atoms with E-state index in [1.165, 1.54) is 32.6 Å². The van der Waals surface area contributed by atoms with E-state index in [1.807, 2.05) is 0 Å². The second-order valence-corrected chi connectivity index (χ2v) is 6.77. The first-order valence-corrected chi connectivity index (χ1v) is 9.60. The normalized spacial score (nSPS) is 16.5. The minimum Gasteiger partial charge on any atom is -0.494 e. The van der Waals surface area contributed by atoms with E-state index in [-0.39, 0.29) is 23.6 Å². The van der Waals surface area contributed by atoms with E-state index in [0.717, 1.165) is 19.5 Å². The minimum absolute atomic E-state index is 0.116. The maximum atomic E-state index is 14.0. The summed E-state index contributed by atoms with van der Waals surface area (Å²) in [5.41, 5.74) is 0.446. The predicted octanol–water partition coefficient (Wildman–Crippen LogP) is 2.62. The summed E-state index contributed by atoms with van der Waals surface area (Å²) in [6, 6.07) is 4.85. The number of amides is 1. The van der Waals surface area contributed by atoms with Crippen molar-refractivity contribution in [1.82, 2.24) is 19.9 Å². The molecule has 1 atom stereocenters. The zero-order chi connectivity index (χ0) is 20.8. The lowest BCUT2D eigenvalue weighted by atomic mass is 10.2. The van der Waals surface area contributed by atoms with Gasteiger partial charge in [0.25, 0.3) is 0 Å². The Hall–Kier alpha value is -3.01. The Morgan fingerprint density at radius 1 is 1.28 bits per heavy atom. The van der Waals surface area contributed by atoms with Crippen LogP contribution in [-0.4, -0.2) is 58.5 Å². The summed E-state index contributed by atoms with van der Waals surface area (Å²) in [7, 11) is 1.40. The Balaban J connectivity index is 1.77. The number of hydrogen-bond acceptors (Lipinski definition) is 8. The first kappa shape index (κ1) is 20.7. The fraction of sp³-hybridized carbons (Fsp3) is 0.474. The van der Waals surface area contributed by atoms with Crippen molar-refractivity contribution in [2.75, 3.05) is 42.7 Å². The third kappa shape index (κ3) is 5.50. The van der Waals surface area contributed by atoms with Gasteiger partial charge in [-0.3, -0.25) is 15.0 Å². The van der Waals surface area contributed by atoms with Gasteiger partial charge in [-0.1, -0.05) is 6.92 Å². The minimum atomic E-state index is -0.507. The summed E-state index contributed by atoms with van der Waals surface area (Å²) in [6.07, 6.45) is 2.28. The van der Waals surface area contributed by atoms with Crippen molar-refractivity contribution >= 4 is 29.4 Å². The van der Waals surface area contributed by atoms with E-state index in [2.05, 4.69) is 42.7 Å². The van der Waals surface area contributed by atoms with Crippen LogP contribution in [0.5, 0.6) is 5.75 Å². The van der Waals surface area contributed by atoms with Gasteiger partial charge in [-0.25, -0.2) is 4.39 Å². The van der Waals surface area contributed by atoms with Crippen LogP contribution in [0, 0.1) is 5.82 Å². The molecular formula is C19H26FN7O2. The van der Waals surface area contributed by atoms with Crippen molar-refractivity contribution < 1.29 is 13.9 Å². The number of ether oxygens (including phenoxy) is 1. The van der Waals surface area contributed by atoms with E-state index >= 15 is 0 Å². The third-order valence-corrected chi connectivity index (χ3v) is 4.73. The van der Waals surface area contributed by atoms with Gasteiger partial charge in [0.15, 0.2) is 11.6 Å². The Morgan fingerprint density at radius 2 is 2.03 bits per heavy atom. The monoisotopic (exact) mass is 403 g/mol. The van der Waals surface area contributed by atoms with Crippen LogP contribution < -0.4 is 20.7 Å². The van der Waals surface area contributed by atoms with Gasteiger partial charge < -0.3 is 15.4 Å². The molecule has 1 aliphatic rings. The number of aromatic nitrogens is 3. The number of anilines is 4. The average Bonchev–Trinajstić information content (AvgIpc) is 3.13. The van der Waals surface area contributed by atoms with Crippen LogP contribution >= 0.6 is 0 Å². The molecule has 1 aromatic carbocycles. The lowest BCUT2D eigenvalue weighted by molar-refractivity contribution is -0.114. The number of likely N-dealkylation sites (tertiary alicyclic amines) is 1. The molecule has 156 valence electrons. The number of rotatable bonds is 8. The van der Waals surface area contributed by atoms with Crippen molar-refractivity contribution in [1.29, 1.82) is 0 Å². The van der Waals surface area contributed by atoms with Gasteiger partial charge in [0.2, 0.25) is 23.8 Å². The highest BCUT2D eigenvalue weighted by Gasteiger charge is 2.23. The highest BCUT2D eigenvalue weighted by atomic mass is 19.1. The van der Waals surface area contributed by atoms with Crippen LogP contribution in [0.2, 0.25) is 0 Å². The summed E-state index contributed by atoms with van der Waals surface area (Å²) in [6.45, 7) is 6.30. The van der Waals surface area contributed by atoms with Gasteiger partial charge in [-0.15, -0.1) is 0 Å². The number of likely N-dealkylation sites (N-methyl/N-ethyl adjacent to an activating group) is 1. The van der Waals surface area contributed by atoms with Crippen molar-refractivity contribution in [3.05, 3.63) is 24.0 Å². The first-order chi connectivity index (χ1) is 14.0. The second-order valence-electron chi connectivity index (χ2n) is 6.77. The molecule has 0 spiro atoms. The Bertz CT molecular complexity index is 864. The maximum Gasteiger partial charge on any atom is 0.236 e. The van der Waals surface area contributed by atoms with Crippen LogP contribution in [0.1, 0.15) is 26.7 Å². The fourth-order valence-corrected chi connectivity index (χ4v) is 3.35. The lowest BCUT2D eigenvalue weighted by Gasteiger charge is -2.23. The Morgan fingerprint density at radius 3 is 2.72 bits per heavy atom. The summed E-state index contributed by atoms with van der Waals surface area (Å²) < 4.78 is 18.9. The molecule has 0 bridgehead atoms. The number of nitrogens with one attached hydrogen (secondary N) is 3. The number of benzene rings is 1. The van der Waals surface area contributed by atoms with Gasteiger partial charge in [0.1, 0.15) is 0 Å². The number of methoxy groups -OCH3 is 1. The molecule has 3 rings (SSSR count). The molecule has 2 heterocycles. The van der Waals surface area contributed by atoms with E-state index in [9.17, 15) is 9.18 Å². The molecule has 9 nitrogen and oxygen atoms in total. The molecule has 3 N–H and O–H groups in total. The molecule has 1 aromatic heterocycles. The predicted molar refractivity (Wildman–Crippen MR) is 109 cm³/mol. The van der Waals surface area contributed by atoms with E-state index < -0.39 is 5.82 Å². The zero-order valence-electron chi connectivity index (χ0n) is 16.8. The Labute approximate surface area is 169 Å². The highest BCUT2D eigenvalue weighted by Crippen LogP contribution is 2.23. The molecular weight excluding hydrogens is 377 g/mol. The second kappa shape index (κ2) is 9.46. The molecule has 29 heavy (non-hydrogen) atoms. The van der Waals surface area contributed by atoms with Crippen LogP contribution in [-0.2, 0) is 4.79 Å². The Kier molecular flexibility index (Phi) is 6.76. The molecule has 1 amide bonds. The van der Waals surface area contributed by atoms with Gasteiger partial charge in [0.05, 0.1) is 7.11 Å². The summed E-state index contributed by atoms with van der Waals surface area (Å²) in [5, 5.41) is 8.73. The van der Waals surface area contributed by atoms with Crippen molar-refractivity contribution in [2.45, 2.75) is 32.7 Å². The van der Waals surface area contributed by atoms with Gasteiger partial charge in [0, 0.05) is 31.3 Å². The summed E-state index contributed by atoms with van der Waals surface area (Å²) in [4.78, 5) is 26.6. The van der Waals surface area contributed by atoms with Crippen LogP contribution in [0.4, 0.5) is 27.9 Å². The highest BCUT2D eigenvalue weighted by molar-refractivity contribution is 5.86. The number of carbonyl (C=O) groups is 1. The molecule has 0 radical (unpaired) electrons. The van der Waals surface area contributed by atoms with Crippen LogP contribution in [0.15, 0.2) is 18.2 Å². The average molecular weight is 403 g/mol. The molecule has 10 heteroatoms. The van der Waals surface area contributed by atoms with E-state index in [1.54, 1.807) is 6.07 Å². The van der Waals surface area contributed by atoms with Crippen LogP contribution in [0.3, 0.4) is 0 Å². The SMILES string of the molecule is CCN1CCCC1CNc1nc(NC(C)=O)nc(Nc2ccc(OC)c(F)c2)n1. The summed E-state index contributed by atoms with van der Waals surface area (Å²) >= 11 is 0.